The molecule has 1 aliphatic heterocycles. The minimum absolute atomic E-state index is 0.0930. The van der Waals surface area contributed by atoms with Gasteiger partial charge in [-0.25, -0.2) is 0 Å². The van der Waals surface area contributed by atoms with E-state index in [4.69, 9.17) is 21.1 Å². The van der Waals surface area contributed by atoms with Gasteiger partial charge in [0, 0.05) is 12.3 Å². The van der Waals surface area contributed by atoms with Crippen LogP contribution in [0.25, 0.3) is 0 Å². The number of rotatable bonds is 3. The third-order valence-corrected chi connectivity index (χ3v) is 4.48. The zero-order chi connectivity index (χ0) is 14.7. The Morgan fingerprint density at radius 3 is 2.38 bits per heavy atom. The summed E-state index contributed by atoms with van der Waals surface area (Å²) >= 11 is 6.68. The van der Waals surface area contributed by atoms with Crippen LogP contribution in [-0.2, 0) is 0 Å². The van der Waals surface area contributed by atoms with E-state index in [-0.39, 0.29) is 11.3 Å². The van der Waals surface area contributed by atoms with Gasteiger partial charge in [0.1, 0.15) is 0 Å². The highest BCUT2D eigenvalue weighted by molar-refractivity contribution is 6.21. The fourth-order valence-corrected chi connectivity index (χ4v) is 2.85. The first kappa shape index (κ1) is 14.3. The van der Waals surface area contributed by atoms with Gasteiger partial charge in [-0.2, -0.15) is 0 Å². The molecule has 0 N–H and O–H groups in total. The molecule has 0 amide bonds. The number of halogens is 1. The van der Waals surface area contributed by atoms with Crippen LogP contribution in [0.4, 0.5) is 0 Å². The average Bonchev–Trinajstić information content (AvgIpc) is 2.79. The first-order valence-electron chi connectivity index (χ1n) is 7.34. The first-order valence-corrected chi connectivity index (χ1v) is 7.78. The quantitative estimate of drug-likeness (QED) is 0.748. The van der Waals surface area contributed by atoms with Gasteiger partial charge in [-0.15, -0.1) is 11.6 Å². The zero-order valence-electron chi connectivity index (χ0n) is 12.1. The second-order valence-electron chi connectivity index (χ2n) is 5.36. The van der Waals surface area contributed by atoms with Crippen molar-refractivity contribution in [1.29, 1.82) is 0 Å². The summed E-state index contributed by atoms with van der Waals surface area (Å²) in [5.74, 6) is 1.85. The van der Waals surface area contributed by atoms with E-state index in [0.717, 1.165) is 23.5 Å². The van der Waals surface area contributed by atoms with Crippen molar-refractivity contribution in [3.8, 4) is 11.5 Å². The van der Waals surface area contributed by atoms with Crippen molar-refractivity contribution in [1.82, 2.24) is 0 Å². The van der Waals surface area contributed by atoms with E-state index in [2.05, 4.69) is 19.1 Å². The van der Waals surface area contributed by atoms with Gasteiger partial charge in [0.15, 0.2) is 11.5 Å². The summed E-state index contributed by atoms with van der Waals surface area (Å²) in [6.45, 7) is 3.55. The lowest BCUT2D eigenvalue weighted by molar-refractivity contribution is 0.297. The summed E-state index contributed by atoms with van der Waals surface area (Å²) in [6, 6.07) is 16.3. The molecule has 1 heterocycles. The van der Waals surface area contributed by atoms with Gasteiger partial charge in [-0.1, -0.05) is 43.3 Å². The maximum atomic E-state index is 6.68. The normalized spacial score (nSPS) is 16.9. The SMILES string of the molecule is CC(c1ccccc1)C(Cl)c1ccc2c(c1)OCCCO2. The summed E-state index contributed by atoms with van der Waals surface area (Å²) < 4.78 is 11.4. The van der Waals surface area contributed by atoms with E-state index < -0.39 is 0 Å². The van der Waals surface area contributed by atoms with E-state index in [0.29, 0.717) is 13.2 Å². The minimum Gasteiger partial charge on any atom is -0.490 e. The molecular weight excluding hydrogens is 284 g/mol. The predicted octanol–water partition coefficient (Wildman–Crippen LogP) is 4.93. The predicted molar refractivity (Wildman–Crippen MR) is 85.5 cm³/mol. The Morgan fingerprint density at radius 2 is 1.62 bits per heavy atom. The van der Waals surface area contributed by atoms with Gasteiger partial charge >= 0.3 is 0 Å². The van der Waals surface area contributed by atoms with Gasteiger partial charge < -0.3 is 9.47 Å². The molecule has 21 heavy (non-hydrogen) atoms. The number of hydrogen-bond donors (Lipinski definition) is 0. The topological polar surface area (TPSA) is 18.5 Å². The molecule has 0 aromatic heterocycles. The molecule has 0 aliphatic carbocycles. The van der Waals surface area contributed by atoms with Gasteiger partial charge in [0.2, 0.25) is 0 Å². The number of benzene rings is 2. The van der Waals surface area contributed by atoms with Crippen LogP contribution in [0.2, 0.25) is 0 Å². The molecule has 0 saturated carbocycles. The molecule has 2 aromatic rings. The molecule has 1 aliphatic rings. The molecule has 2 aromatic carbocycles. The lowest BCUT2D eigenvalue weighted by Crippen LogP contribution is -2.03. The fraction of sp³-hybridized carbons (Fsp3) is 0.333. The van der Waals surface area contributed by atoms with Crippen LogP contribution in [-0.4, -0.2) is 13.2 Å². The van der Waals surface area contributed by atoms with Gasteiger partial charge in [-0.05, 0) is 23.3 Å². The lowest BCUT2D eigenvalue weighted by atomic mass is 9.93. The molecule has 3 rings (SSSR count). The number of ether oxygens (including phenoxy) is 2. The Hall–Kier alpha value is -1.67. The van der Waals surface area contributed by atoms with Crippen LogP contribution in [0.5, 0.6) is 11.5 Å². The zero-order valence-corrected chi connectivity index (χ0v) is 12.8. The molecule has 0 spiro atoms. The molecule has 0 radical (unpaired) electrons. The Kier molecular flexibility index (Phi) is 4.35. The lowest BCUT2D eigenvalue weighted by Gasteiger charge is -2.20. The number of fused-ring (bicyclic) bond motifs is 1. The van der Waals surface area contributed by atoms with Crippen LogP contribution >= 0.6 is 11.6 Å². The van der Waals surface area contributed by atoms with Crippen LogP contribution in [0.3, 0.4) is 0 Å². The molecule has 2 unspecified atom stereocenters. The van der Waals surface area contributed by atoms with E-state index >= 15 is 0 Å². The van der Waals surface area contributed by atoms with Crippen LogP contribution in [0.1, 0.15) is 35.8 Å². The summed E-state index contributed by atoms with van der Waals surface area (Å²) in [7, 11) is 0. The maximum Gasteiger partial charge on any atom is 0.161 e. The van der Waals surface area contributed by atoms with Crippen molar-refractivity contribution < 1.29 is 9.47 Å². The third-order valence-electron chi connectivity index (χ3n) is 3.85. The van der Waals surface area contributed by atoms with Gasteiger partial charge in [0.25, 0.3) is 0 Å². The second-order valence-corrected chi connectivity index (χ2v) is 5.83. The van der Waals surface area contributed by atoms with E-state index in [9.17, 15) is 0 Å². The highest BCUT2D eigenvalue weighted by Crippen LogP contribution is 2.40. The monoisotopic (exact) mass is 302 g/mol. The highest BCUT2D eigenvalue weighted by Gasteiger charge is 2.20. The third kappa shape index (κ3) is 3.16. The van der Waals surface area contributed by atoms with Crippen LogP contribution in [0, 0.1) is 0 Å². The van der Waals surface area contributed by atoms with Crippen molar-refractivity contribution >= 4 is 11.6 Å². The van der Waals surface area contributed by atoms with Crippen LogP contribution in [0.15, 0.2) is 48.5 Å². The van der Waals surface area contributed by atoms with Crippen molar-refractivity contribution in [2.45, 2.75) is 24.6 Å². The average molecular weight is 303 g/mol. The molecule has 3 heteroatoms. The molecular formula is C18H19ClO2. The van der Waals surface area contributed by atoms with Crippen molar-refractivity contribution in [3.63, 3.8) is 0 Å². The largest absolute Gasteiger partial charge is 0.490 e. The minimum atomic E-state index is -0.0930. The first-order chi connectivity index (χ1) is 10.3. The van der Waals surface area contributed by atoms with E-state index in [1.807, 2.05) is 36.4 Å². The van der Waals surface area contributed by atoms with Crippen LogP contribution < -0.4 is 9.47 Å². The van der Waals surface area contributed by atoms with E-state index in [1.165, 1.54) is 5.56 Å². The second kappa shape index (κ2) is 6.40. The smallest absolute Gasteiger partial charge is 0.161 e. The highest BCUT2D eigenvalue weighted by atomic mass is 35.5. The molecule has 110 valence electrons. The maximum absolute atomic E-state index is 6.68. The number of hydrogen-bond acceptors (Lipinski definition) is 2. The van der Waals surface area contributed by atoms with Crippen molar-refractivity contribution in [2.75, 3.05) is 13.2 Å². The van der Waals surface area contributed by atoms with Gasteiger partial charge in [0.05, 0.1) is 18.6 Å². The fourth-order valence-electron chi connectivity index (χ4n) is 2.57. The summed E-state index contributed by atoms with van der Waals surface area (Å²) in [5, 5.41) is -0.0930. The Morgan fingerprint density at radius 1 is 0.905 bits per heavy atom. The molecule has 2 atom stereocenters. The Bertz CT molecular complexity index is 597. The summed E-state index contributed by atoms with van der Waals surface area (Å²) in [6.07, 6.45) is 0.911. The van der Waals surface area contributed by atoms with Crippen molar-refractivity contribution in [3.05, 3.63) is 59.7 Å². The molecule has 2 nitrogen and oxygen atoms in total. The molecule has 0 saturated heterocycles. The standard InChI is InChI=1S/C18H19ClO2/c1-13(14-6-3-2-4-7-14)18(19)15-8-9-16-17(12-15)21-11-5-10-20-16/h2-4,6-9,12-13,18H,5,10-11H2,1H3. The summed E-state index contributed by atoms with van der Waals surface area (Å²) in [5.41, 5.74) is 2.31. The summed E-state index contributed by atoms with van der Waals surface area (Å²) in [4.78, 5) is 0. The molecule has 0 bridgehead atoms. The Labute approximate surface area is 130 Å². The molecule has 0 fully saturated rings. The Balaban J connectivity index is 1.84. The number of alkyl halides is 1. The van der Waals surface area contributed by atoms with Gasteiger partial charge in [-0.3, -0.25) is 0 Å². The van der Waals surface area contributed by atoms with E-state index in [1.54, 1.807) is 0 Å². The van der Waals surface area contributed by atoms with Crippen molar-refractivity contribution in [2.24, 2.45) is 0 Å².